The van der Waals surface area contributed by atoms with E-state index in [1.54, 1.807) is 54.6 Å². The van der Waals surface area contributed by atoms with Gasteiger partial charge < -0.3 is 15.4 Å². The summed E-state index contributed by atoms with van der Waals surface area (Å²) in [7, 11) is 0. The van der Waals surface area contributed by atoms with Crippen LogP contribution < -0.4 is 20.8 Å². The van der Waals surface area contributed by atoms with Crippen LogP contribution in [0.15, 0.2) is 95.4 Å². The van der Waals surface area contributed by atoms with Crippen LogP contribution in [0.4, 0.5) is 16.5 Å². The maximum atomic E-state index is 12.7. The second-order valence-electron chi connectivity index (χ2n) is 9.43. The zero-order chi connectivity index (χ0) is 31.1. The summed E-state index contributed by atoms with van der Waals surface area (Å²) in [5, 5.41) is 14.4. The van der Waals surface area contributed by atoms with E-state index in [9.17, 15) is 9.59 Å². The standard InChI is InChI=1S/C32H24Cl3N5O3S/c1-19-2-10-26(15-27(19)35)37-30(41)17-43-29-13-9-24(34)14-22(29)16-36-40-31(42)21-5-3-20(4-6-21)28-18-44-32(39-28)38-25-11-7-23(33)8-12-25/h2-16,18H,17H2,1H3,(H,37,41)(H,38,39)(H,40,42)/b36-16-. The molecular formula is C32H24Cl3N5O3S. The first-order chi connectivity index (χ1) is 21.2. The number of nitrogens with one attached hydrogen (secondary N) is 3. The third-order valence-corrected chi connectivity index (χ3v) is 7.85. The third-order valence-electron chi connectivity index (χ3n) is 6.20. The number of halogens is 3. The third kappa shape index (κ3) is 8.36. The van der Waals surface area contributed by atoms with Crippen LogP contribution in [0.2, 0.25) is 15.1 Å². The number of amides is 2. The molecule has 1 aromatic heterocycles. The highest BCUT2D eigenvalue weighted by Crippen LogP contribution is 2.28. The van der Waals surface area contributed by atoms with E-state index in [1.807, 2.05) is 42.6 Å². The number of thiazole rings is 1. The number of ether oxygens (including phenoxy) is 1. The van der Waals surface area contributed by atoms with E-state index in [2.05, 4.69) is 26.1 Å². The highest BCUT2D eigenvalue weighted by atomic mass is 35.5. The van der Waals surface area contributed by atoms with E-state index in [-0.39, 0.29) is 12.5 Å². The first kappa shape index (κ1) is 31.0. The van der Waals surface area contributed by atoms with Crippen LogP contribution in [0.1, 0.15) is 21.5 Å². The number of hydrogen-bond acceptors (Lipinski definition) is 7. The molecule has 0 saturated carbocycles. The summed E-state index contributed by atoms with van der Waals surface area (Å²) in [6.07, 6.45) is 1.40. The Balaban J connectivity index is 1.16. The summed E-state index contributed by atoms with van der Waals surface area (Å²) in [5.74, 6) is -0.412. The molecule has 0 saturated heterocycles. The summed E-state index contributed by atoms with van der Waals surface area (Å²) in [6.45, 7) is 1.62. The Morgan fingerprint density at radius 1 is 0.909 bits per heavy atom. The number of carbonyl (C=O) groups is 2. The van der Waals surface area contributed by atoms with Crippen LogP contribution in [0.5, 0.6) is 5.75 Å². The van der Waals surface area contributed by atoms with Crippen molar-refractivity contribution in [2.24, 2.45) is 5.10 Å². The van der Waals surface area contributed by atoms with Gasteiger partial charge in [0.05, 0.1) is 11.9 Å². The van der Waals surface area contributed by atoms with Crippen molar-refractivity contribution in [3.05, 3.63) is 122 Å². The SMILES string of the molecule is Cc1ccc(NC(=O)COc2ccc(Cl)cc2/C=N\NC(=O)c2ccc(-c3csc(Nc4ccc(Cl)cc4)n3)cc2)cc1Cl. The number of benzene rings is 4. The lowest BCUT2D eigenvalue weighted by molar-refractivity contribution is -0.118. The number of rotatable bonds is 10. The monoisotopic (exact) mass is 663 g/mol. The van der Waals surface area contributed by atoms with Crippen molar-refractivity contribution in [1.82, 2.24) is 10.4 Å². The summed E-state index contributed by atoms with van der Waals surface area (Å²) >= 11 is 19.7. The molecule has 8 nitrogen and oxygen atoms in total. The van der Waals surface area contributed by atoms with Gasteiger partial charge in [0.25, 0.3) is 11.8 Å². The van der Waals surface area contributed by atoms with E-state index in [0.717, 1.165) is 27.6 Å². The molecule has 12 heteroatoms. The van der Waals surface area contributed by atoms with Crippen molar-refractivity contribution < 1.29 is 14.3 Å². The predicted octanol–water partition coefficient (Wildman–Crippen LogP) is 8.60. The summed E-state index contributed by atoms with van der Waals surface area (Å²) in [4.78, 5) is 29.8. The average Bonchev–Trinajstić information content (AvgIpc) is 3.48. The molecule has 0 radical (unpaired) electrons. The first-order valence-electron chi connectivity index (χ1n) is 13.1. The molecule has 2 amide bonds. The average molecular weight is 665 g/mol. The Hall–Kier alpha value is -4.41. The fourth-order valence-electron chi connectivity index (χ4n) is 3.90. The van der Waals surface area contributed by atoms with Crippen LogP contribution in [-0.4, -0.2) is 29.6 Å². The van der Waals surface area contributed by atoms with Crippen molar-refractivity contribution in [2.45, 2.75) is 6.92 Å². The smallest absolute Gasteiger partial charge is 0.271 e. The van der Waals surface area contributed by atoms with Gasteiger partial charge in [0.1, 0.15) is 5.75 Å². The number of aryl methyl sites for hydroxylation is 1. The molecule has 4 aromatic carbocycles. The maximum absolute atomic E-state index is 12.7. The minimum absolute atomic E-state index is 0.260. The Morgan fingerprint density at radius 3 is 2.39 bits per heavy atom. The molecule has 0 spiro atoms. The molecule has 3 N–H and O–H groups in total. The van der Waals surface area contributed by atoms with Crippen molar-refractivity contribution in [1.29, 1.82) is 0 Å². The predicted molar refractivity (Wildman–Crippen MR) is 179 cm³/mol. The van der Waals surface area contributed by atoms with E-state index in [0.29, 0.717) is 37.6 Å². The van der Waals surface area contributed by atoms with Gasteiger partial charge >= 0.3 is 0 Å². The normalized spacial score (nSPS) is 10.9. The van der Waals surface area contributed by atoms with Crippen molar-refractivity contribution in [3.8, 4) is 17.0 Å². The van der Waals surface area contributed by atoms with E-state index < -0.39 is 5.91 Å². The number of carbonyl (C=O) groups excluding carboxylic acids is 2. The summed E-state index contributed by atoms with van der Waals surface area (Å²) in [6, 6.07) is 24.5. The highest BCUT2D eigenvalue weighted by molar-refractivity contribution is 7.14. The van der Waals surface area contributed by atoms with Gasteiger partial charge in [-0.2, -0.15) is 5.10 Å². The van der Waals surface area contributed by atoms with E-state index in [4.69, 9.17) is 39.5 Å². The highest BCUT2D eigenvalue weighted by Gasteiger charge is 2.11. The molecule has 44 heavy (non-hydrogen) atoms. The molecule has 0 bridgehead atoms. The fraction of sp³-hybridized carbons (Fsp3) is 0.0625. The molecule has 0 aliphatic carbocycles. The van der Waals surface area contributed by atoms with E-state index in [1.165, 1.54) is 17.6 Å². The van der Waals surface area contributed by atoms with Gasteiger partial charge in [0, 0.05) is 48.5 Å². The first-order valence-corrected chi connectivity index (χ1v) is 15.2. The van der Waals surface area contributed by atoms with Crippen LogP contribution in [0.3, 0.4) is 0 Å². The second kappa shape index (κ2) is 14.4. The Bertz CT molecular complexity index is 1830. The zero-order valence-corrected chi connectivity index (χ0v) is 26.2. The molecule has 5 aromatic rings. The van der Waals surface area contributed by atoms with Gasteiger partial charge in [0.15, 0.2) is 11.7 Å². The molecule has 0 aliphatic rings. The van der Waals surface area contributed by atoms with Gasteiger partial charge in [-0.3, -0.25) is 9.59 Å². The molecule has 0 aliphatic heterocycles. The summed E-state index contributed by atoms with van der Waals surface area (Å²) < 4.78 is 5.69. The van der Waals surface area contributed by atoms with Gasteiger partial charge in [-0.05, 0) is 79.2 Å². The van der Waals surface area contributed by atoms with Gasteiger partial charge in [-0.15, -0.1) is 11.3 Å². The number of nitrogens with zero attached hydrogens (tertiary/aromatic N) is 2. The van der Waals surface area contributed by atoms with E-state index >= 15 is 0 Å². The lowest BCUT2D eigenvalue weighted by Crippen LogP contribution is -2.20. The number of hydrazone groups is 1. The molecule has 0 unspecified atom stereocenters. The molecule has 5 rings (SSSR count). The molecule has 0 fully saturated rings. The number of anilines is 3. The molecular weight excluding hydrogens is 641 g/mol. The Kier molecular flexibility index (Phi) is 10.1. The van der Waals surface area contributed by atoms with Crippen molar-refractivity contribution in [3.63, 3.8) is 0 Å². The van der Waals surface area contributed by atoms with Crippen LogP contribution in [-0.2, 0) is 4.79 Å². The topological polar surface area (TPSA) is 105 Å². The molecule has 0 atom stereocenters. The van der Waals surface area contributed by atoms with Gasteiger partial charge in [-0.1, -0.05) is 53.0 Å². The Morgan fingerprint density at radius 2 is 1.64 bits per heavy atom. The minimum Gasteiger partial charge on any atom is -0.483 e. The van der Waals surface area contributed by atoms with Crippen LogP contribution >= 0.6 is 46.1 Å². The van der Waals surface area contributed by atoms with Crippen LogP contribution in [0.25, 0.3) is 11.3 Å². The lowest BCUT2D eigenvalue weighted by Gasteiger charge is -2.11. The number of hydrogen-bond donors (Lipinski definition) is 3. The quantitative estimate of drug-likeness (QED) is 0.102. The summed E-state index contributed by atoms with van der Waals surface area (Å²) in [5.41, 5.74) is 7.38. The Labute approximate surface area is 272 Å². The minimum atomic E-state index is -0.406. The number of aromatic nitrogens is 1. The van der Waals surface area contributed by atoms with Crippen LogP contribution in [0, 0.1) is 6.92 Å². The second-order valence-corrected chi connectivity index (χ2v) is 11.6. The largest absolute Gasteiger partial charge is 0.483 e. The van der Waals surface area contributed by atoms with Gasteiger partial charge in [0.2, 0.25) is 0 Å². The van der Waals surface area contributed by atoms with Crippen molar-refractivity contribution >= 4 is 80.7 Å². The van der Waals surface area contributed by atoms with Crippen molar-refractivity contribution in [2.75, 3.05) is 17.2 Å². The zero-order valence-electron chi connectivity index (χ0n) is 23.1. The maximum Gasteiger partial charge on any atom is 0.271 e. The lowest BCUT2D eigenvalue weighted by atomic mass is 10.1. The molecule has 222 valence electrons. The molecule has 1 heterocycles. The fourth-order valence-corrected chi connectivity index (χ4v) is 5.13. The van der Waals surface area contributed by atoms with Gasteiger partial charge in [-0.25, -0.2) is 10.4 Å².